The molecular formula is C26H26ClN3O3. The van der Waals surface area contributed by atoms with E-state index in [0.717, 1.165) is 16.5 Å². The number of carbonyl (C=O) groups excluding carboxylic acids is 1. The van der Waals surface area contributed by atoms with Gasteiger partial charge in [-0.25, -0.2) is 9.78 Å². The molecule has 0 saturated heterocycles. The summed E-state index contributed by atoms with van der Waals surface area (Å²) in [5.74, 6) is 0. The molecule has 170 valence electrons. The second kappa shape index (κ2) is 8.87. The van der Waals surface area contributed by atoms with Gasteiger partial charge in [-0.05, 0) is 44.9 Å². The van der Waals surface area contributed by atoms with Crippen molar-refractivity contribution in [3.8, 4) is 0 Å². The van der Waals surface area contributed by atoms with E-state index in [1.54, 1.807) is 17.0 Å². The number of fused-ring (bicyclic) bond motifs is 1. The van der Waals surface area contributed by atoms with Crippen LogP contribution in [0, 0.1) is 0 Å². The molecule has 0 aliphatic heterocycles. The summed E-state index contributed by atoms with van der Waals surface area (Å²) in [6, 6.07) is 17.1. The molecule has 0 bridgehead atoms. The van der Waals surface area contributed by atoms with Gasteiger partial charge in [-0.1, -0.05) is 60.1 Å². The first-order valence-electron chi connectivity index (χ1n) is 10.8. The zero-order valence-corrected chi connectivity index (χ0v) is 19.8. The number of nitrogens with zero attached hydrogens (tertiary/aromatic N) is 3. The summed E-state index contributed by atoms with van der Waals surface area (Å²) in [4.78, 5) is 30.5. The number of benzene rings is 2. The van der Waals surface area contributed by atoms with E-state index in [4.69, 9.17) is 16.3 Å². The monoisotopic (exact) mass is 463 g/mol. The van der Waals surface area contributed by atoms with E-state index < -0.39 is 11.7 Å². The van der Waals surface area contributed by atoms with Gasteiger partial charge in [0.15, 0.2) is 0 Å². The minimum absolute atomic E-state index is 0.207. The maximum Gasteiger partial charge on any atom is 0.419 e. The summed E-state index contributed by atoms with van der Waals surface area (Å²) < 4.78 is 8.64. The van der Waals surface area contributed by atoms with Crippen LogP contribution in [-0.2, 0) is 11.2 Å². The van der Waals surface area contributed by atoms with Crippen LogP contribution in [-0.4, -0.2) is 25.8 Å². The maximum absolute atomic E-state index is 13.3. The Labute approximate surface area is 197 Å². The molecule has 4 aromatic rings. The lowest BCUT2D eigenvalue weighted by Gasteiger charge is -2.19. The van der Waals surface area contributed by atoms with Gasteiger partial charge in [-0.2, -0.15) is 0 Å². The Bertz CT molecular complexity index is 1370. The number of aromatic nitrogens is 3. The SMILES string of the molecule is C[C@H](c1ccccc1)n1cc(Cl)nc(Cc2cn(C(=O)OC(C)(C)C)c3ccccc23)c1=O. The number of para-hydroxylation sites is 1. The third-order valence-corrected chi connectivity index (χ3v) is 5.59. The predicted molar refractivity (Wildman–Crippen MR) is 130 cm³/mol. The van der Waals surface area contributed by atoms with Crippen molar-refractivity contribution in [3.05, 3.63) is 99.3 Å². The number of halogens is 1. The summed E-state index contributed by atoms with van der Waals surface area (Å²) in [7, 11) is 0. The smallest absolute Gasteiger partial charge is 0.419 e. The molecule has 0 aliphatic rings. The largest absolute Gasteiger partial charge is 0.443 e. The van der Waals surface area contributed by atoms with E-state index in [2.05, 4.69) is 4.98 Å². The van der Waals surface area contributed by atoms with Crippen LogP contribution in [0.4, 0.5) is 4.79 Å². The van der Waals surface area contributed by atoms with Crippen LogP contribution in [0.3, 0.4) is 0 Å². The molecule has 4 rings (SSSR count). The second-order valence-corrected chi connectivity index (χ2v) is 9.40. The number of carbonyl (C=O) groups is 1. The van der Waals surface area contributed by atoms with Crippen LogP contribution in [0.5, 0.6) is 0 Å². The molecule has 6 nitrogen and oxygen atoms in total. The second-order valence-electron chi connectivity index (χ2n) is 9.01. The standard InChI is InChI=1S/C26H26ClN3O3/c1-17(18-10-6-5-7-11-18)29-16-23(27)28-21(24(29)31)14-19-15-30(25(32)33-26(2,3)4)22-13-9-8-12-20(19)22/h5-13,15-17H,14H2,1-4H3/t17-/m1/s1. The van der Waals surface area contributed by atoms with Crippen molar-refractivity contribution < 1.29 is 9.53 Å². The van der Waals surface area contributed by atoms with E-state index in [0.29, 0.717) is 11.2 Å². The molecule has 2 aromatic heterocycles. The van der Waals surface area contributed by atoms with E-state index in [-0.39, 0.29) is 23.2 Å². The molecule has 0 N–H and O–H groups in total. The Morgan fingerprint density at radius 1 is 1.06 bits per heavy atom. The van der Waals surface area contributed by atoms with Gasteiger partial charge < -0.3 is 9.30 Å². The Kier molecular flexibility index (Phi) is 6.13. The minimum Gasteiger partial charge on any atom is -0.443 e. The van der Waals surface area contributed by atoms with Gasteiger partial charge in [0, 0.05) is 24.2 Å². The fraction of sp³-hybridized carbons (Fsp3) is 0.269. The number of hydrogen-bond donors (Lipinski definition) is 0. The van der Waals surface area contributed by atoms with Gasteiger partial charge in [0.1, 0.15) is 16.4 Å². The molecule has 2 aromatic carbocycles. The van der Waals surface area contributed by atoms with Crippen molar-refractivity contribution in [2.75, 3.05) is 0 Å². The Balaban J connectivity index is 1.76. The molecule has 0 fully saturated rings. The molecule has 0 aliphatic carbocycles. The van der Waals surface area contributed by atoms with Crippen molar-refractivity contribution in [2.24, 2.45) is 0 Å². The molecule has 0 amide bonds. The first kappa shape index (κ1) is 22.8. The average Bonchev–Trinajstić information content (AvgIpc) is 3.14. The van der Waals surface area contributed by atoms with Crippen LogP contribution in [0.2, 0.25) is 5.15 Å². The lowest BCUT2D eigenvalue weighted by molar-refractivity contribution is 0.0544. The molecular weight excluding hydrogens is 438 g/mol. The van der Waals surface area contributed by atoms with Crippen molar-refractivity contribution in [1.29, 1.82) is 0 Å². The van der Waals surface area contributed by atoms with Crippen LogP contribution >= 0.6 is 11.6 Å². The van der Waals surface area contributed by atoms with Crippen molar-refractivity contribution in [2.45, 2.75) is 45.8 Å². The molecule has 7 heteroatoms. The molecule has 2 heterocycles. The van der Waals surface area contributed by atoms with Gasteiger partial charge in [0.25, 0.3) is 5.56 Å². The van der Waals surface area contributed by atoms with Crippen molar-refractivity contribution >= 4 is 28.6 Å². The first-order chi connectivity index (χ1) is 15.6. The van der Waals surface area contributed by atoms with Gasteiger partial charge in [0.2, 0.25) is 0 Å². The fourth-order valence-electron chi connectivity index (χ4n) is 3.86. The van der Waals surface area contributed by atoms with E-state index >= 15 is 0 Å². The van der Waals surface area contributed by atoms with Gasteiger partial charge in [0.05, 0.1) is 11.6 Å². The fourth-order valence-corrected chi connectivity index (χ4v) is 4.06. The molecule has 33 heavy (non-hydrogen) atoms. The first-order valence-corrected chi connectivity index (χ1v) is 11.2. The van der Waals surface area contributed by atoms with Crippen LogP contribution in [0.1, 0.15) is 50.6 Å². The number of hydrogen-bond acceptors (Lipinski definition) is 4. The highest BCUT2D eigenvalue weighted by Gasteiger charge is 2.22. The zero-order valence-electron chi connectivity index (χ0n) is 19.1. The highest BCUT2D eigenvalue weighted by Crippen LogP contribution is 2.25. The summed E-state index contributed by atoms with van der Waals surface area (Å²) in [5, 5.41) is 1.09. The maximum atomic E-state index is 13.3. The van der Waals surface area contributed by atoms with Crippen LogP contribution < -0.4 is 5.56 Å². The molecule has 0 radical (unpaired) electrons. The summed E-state index contributed by atoms with van der Waals surface area (Å²) in [6.45, 7) is 7.42. The predicted octanol–water partition coefficient (Wildman–Crippen LogP) is 5.83. The summed E-state index contributed by atoms with van der Waals surface area (Å²) in [5.41, 5.74) is 1.97. The quantitative estimate of drug-likeness (QED) is 0.381. The van der Waals surface area contributed by atoms with Gasteiger partial charge in [-0.15, -0.1) is 0 Å². The zero-order chi connectivity index (χ0) is 23.8. The van der Waals surface area contributed by atoms with Gasteiger partial charge in [-0.3, -0.25) is 9.36 Å². The third-order valence-electron chi connectivity index (χ3n) is 5.41. The molecule has 0 unspecified atom stereocenters. The van der Waals surface area contributed by atoms with Crippen molar-refractivity contribution in [1.82, 2.24) is 14.1 Å². The highest BCUT2D eigenvalue weighted by atomic mass is 35.5. The van der Waals surface area contributed by atoms with E-state index in [1.165, 1.54) is 4.57 Å². The Morgan fingerprint density at radius 3 is 2.42 bits per heavy atom. The summed E-state index contributed by atoms with van der Waals surface area (Å²) in [6.07, 6.45) is 3.04. The Morgan fingerprint density at radius 2 is 1.73 bits per heavy atom. The molecule has 1 atom stereocenters. The highest BCUT2D eigenvalue weighted by molar-refractivity contribution is 6.29. The van der Waals surface area contributed by atoms with Crippen LogP contribution in [0.25, 0.3) is 10.9 Å². The summed E-state index contributed by atoms with van der Waals surface area (Å²) >= 11 is 6.32. The topological polar surface area (TPSA) is 66.1 Å². The average molecular weight is 464 g/mol. The Hall–Kier alpha value is -3.38. The third kappa shape index (κ3) is 4.86. The normalized spacial score (nSPS) is 12.6. The molecule has 0 saturated carbocycles. The lowest BCUT2D eigenvalue weighted by atomic mass is 10.1. The minimum atomic E-state index is -0.627. The number of rotatable bonds is 4. The van der Waals surface area contributed by atoms with Crippen LogP contribution in [0.15, 0.2) is 71.8 Å². The molecule has 0 spiro atoms. The van der Waals surface area contributed by atoms with Gasteiger partial charge >= 0.3 is 6.09 Å². The van der Waals surface area contributed by atoms with E-state index in [9.17, 15) is 9.59 Å². The number of ether oxygens (including phenoxy) is 1. The lowest BCUT2D eigenvalue weighted by Crippen LogP contribution is -2.28. The van der Waals surface area contributed by atoms with E-state index in [1.807, 2.05) is 82.3 Å². The van der Waals surface area contributed by atoms with Crippen molar-refractivity contribution in [3.63, 3.8) is 0 Å².